The summed E-state index contributed by atoms with van der Waals surface area (Å²) in [6.07, 6.45) is 2.07. The lowest BCUT2D eigenvalue weighted by molar-refractivity contribution is -0.143. The van der Waals surface area contributed by atoms with E-state index in [0.717, 1.165) is 24.0 Å². The Morgan fingerprint density at radius 1 is 1.08 bits per heavy atom. The van der Waals surface area contributed by atoms with Crippen molar-refractivity contribution in [3.63, 3.8) is 0 Å². The number of carbonyl (C=O) groups is 1. The summed E-state index contributed by atoms with van der Waals surface area (Å²) in [5.74, 6) is 0.289. The molecule has 126 valence electrons. The molecule has 0 aromatic heterocycles. The van der Waals surface area contributed by atoms with Crippen LogP contribution in [0.1, 0.15) is 26.2 Å². The molecule has 0 aliphatic carbocycles. The molecule has 0 saturated heterocycles. The summed E-state index contributed by atoms with van der Waals surface area (Å²) in [7, 11) is -3.13. The second kappa shape index (κ2) is 7.23. The topological polar surface area (TPSA) is 52.6 Å². The summed E-state index contributed by atoms with van der Waals surface area (Å²) in [4.78, 5) is 11.9. The third-order valence-electron chi connectivity index (χ3n) is 4.07. The molecule has 0 fully saturated rings. The average Bonchev–Trinajstić information content (AvgIpc) is 2.61. The van der Waals surface area contributed by atoms with Crippen LogP contribution < -0.4 is 9.83 Å². The Balaban J connectivity index is 1.81. The Morgan fingerprint density at radius 2 is 1.79 bits per heavy atom. The molecule has 1 aliphatic rings. The first-order valence-corrected chi connectivity index (χ1v) is 10.1. The Morgan fingerprint density at radius 3 is 2.58 bits per heavy atom. The molecular formula is C19H21O4P. The molecule has 0 bridgehead atoms. The Hall–Kier alpha value is -2.06. The van der Waals surface area contributed by atoms with Gasteiger partial charge in [-0.2, -0.15) is 0 Å². The van der Waals surface area contributed by atoms with E-state index in [-0.39, 0.29) is 18.6 Å². The van der Waals surface area contributed by atoms with Gasteiger partial charge in [-0.15, -0.1) is 0 Å². The number of carbonyl (C=O) groups excluding carboxylic acids is 1. The first-order valence-electron chi connectivity index (χ1n) is 8.27. The zero-order valence-electron chi connectivity index (χ0n) is 13.7. The van der Waals surface area contributed by atoms with Crippen molar-refractivity contribution in [1.29, 1.82) is 0 Å². The summed E-state index contributed by atoms with van der Waals surface area (Å²) in [6.45, 7) is 2.45. The Kier molecular flexibility index (Phi) is 5.06. The molecule has 4 nitrogen and oxygen atoms in total. The molecule has 1 atom stereocenters. The van der Waals surface area contributed by atoms with Crippen LogP contribution in [0.3, 0.4) is 0 Å². The molecule has 0 radical (unpaired) electrons. The highest BCUT2D eigenvalue weighted by molar-refractivity contribution is 7.67. The van der Waals surface area contributed by atoms with E-state index >= 15 is 0 Å². The van der Waals surface area contributed by atoms with Crippen molar-refractivity contribution < 1.29 is 18.6 Å². The number of para-hydroxylation sites is 1. The maximum Gasteiger partial charge on any atom is 0.306 e. The van der Waals surface area contributed by atoms with Crippen LogP contribution in [0, 0.1) is 0 Å². The Bertz CT molecular complexity index is 784. The standard InChI is InChI=1S/C19H21O4P/c1-2-3-13-22-19(20)12-14-24(21)18-11-7-5-9-16(18)15-8-4-6-10-17(15)23-24/h4-11H,2-3,12-14H2,1H3. The number of unbranched alkanes of at least 4 members (excludes halogenated alkanes) is 1. The molecule has 2 aromatic carbocycles. The number of esters is 1. The van der Waals surface area contributed by atoms with Crippen molar-refractivity contribution in [3.05, 3.63) is 48.5 Å². The quantitative estimate of drug-likeness (QED) is 0.443. The van der Waals surface area contributed by atoms with Gasteiger partial charge in [-0.1, -0.05) is 49.7 Å². The normalized spacial score (nSPS) is 18.2. The molecule has 0 N–H and O–H groups in total. The van der Waals surface area contributed by atoms with E-state index in [2.05, 4.69) is 0 Å². The minimum Gasteiger partial charge on any atom is -0.466 e. The number of fused-ring (bicyclic) bond motifs is 3. The van der Waals surface area contributed by atoms with Crippen molar-refractivity contribution in [1.82, 2.24) is 0 Å². The third-order valence-corrected chi connectivity index (χ3v) is 6.49. The molecule has 0 amide bonds. The summed E-state index contributed by atoms with van der Waals surface area (Å²) in [6, 6.07) is 15.1. The number of hydrogen-bond donors (Lipinski definition) is 0. The smallest absolute Gasteiger partial charge is 0.306 e. The average molecular weight is 344 g/mol. The van der Waals surface area contributed by atoms with Gasteiger partial charge >= 0.3 is 5.97 Å². The van der Waals surface area contributed by atoms with Gasteiger partial charge in [-0.3, -0.25) is 9.36 Å². The highest BCUT2D eigenvalue weighted by atomic mass is 31.2. The molecule has 5 heteroatoms. The van der Waals surface area contributed by atoms with Gasteiger partial charge in [0.2, 0.25) is 0 Å². The number of rotatable bonds is 6. The predicted octanol–water partition coefficient (Wildman–Crippen LogP) is 4.38. The number of benzene rings is 2. The van der Waals surface area contributed by atoms with Gasteiger partial charge < -0.3 is 9.26 Å². The van der Waals surface area contributed by atoms with Gasteiger partial charge in [0.25, 0.3) is 7.37 Å². The van der Waals surface area contributed by atoms with Crippen molar-refractivity contribution in [2.24, 2.45) is 0 Å². The second-order valence-electron chi connectivity index (χ2n) is 5.83. The molecule has 1 unspecified atom stereocenters. The molecular weight excluding hydrogens is 323 g/mol. The van der Waals surface area contributed by atoms with Gasteiger partial charge in [-0.25, -0.2) is 0 Å². The molecule has 0 saturated carbocycles. The van der Waals surface area contributed by atoms with Gasteiger partial charge in [0, 0.05) is 11.7 Å². The lowest BCUT2D eigenvalue weighted by Gasteiger charge is -2.28. The Labute approximate surface area is 142 Å². The largest absolute Gasteiger partial charge is 0.466 e. The lowest BCUT2D eigenvalue weighted by atomic mass is 10.0. The van der Waals surface area contributed by atoms with E-state index in [4.69, 9.17) is 9.26 Å². The van der Waals surface area contributed by atoms with Crippen LogP contribution in [0.25, 0.3) is 11.1 Å². The summed E-state index contributed by atoms with van der Waals surface area (Å²) < 4.78 is 24.5. The third kappa shape index (κ3) is 3.39. The molecule has 24 heavy (non-hydrogen) atoms. The zero-order valence-corrected chi connectivity index (χ0v) is 14.6. The first-order chi connectivity index (χ1) is 11.6. The van der Waals surface area contributed by atoms with Crippen LogP contribution >= 0.6 is 7.37 Å². The van der Waals surface area contributed by atoms with Crippen LogP contribution in [-0.4, -0.2) is 18.7 Å². The first kappa shape index (κ1) is 16.8. The van der Waals surface area contributed by atoms with Crippen LogP contribution in [0.2, 0.25) is 0 Å². The summed E-state index contributed by atoms with van der Waals surface area (Å²) in [5.41, 5.74) is 1.85. The molecule has 1 heterocycles. The van der Waals surface area contributed by atoms with Crippen LogP contribution in [0.5, 0.6) is 5.75 Å². The summed E-state index contributed by atoms with van der Waals surface area (Å²) >= 11 is 0. The highest BCUT2D eigenvalue weighted by Gasteiger charge is 2.36. The van der Waals surface area contributed by atoms with Crippen molar-refractivity contribution in [3.8, 4) is 16.9 Å². The van der Waals surface area contributed by atoms with E-state index in [9.17, 15) is 9.36 Å². The van der Waals surface area contributed by atoms with Gasteiger partial charge in [0.1, 0.15) is 5.75 Å². The van der Waals surface area contributed by atoms with Crippen LogP contribution in [0.15, 0.2) is 48.5 Å². The fourth-order valence-electron chi connectivity index (χ4n) is 2.78. The molecule has 0 spiro atoms. The minimum absolute atomic E-state index is 0.0947. The maximum atomic E-state index is 13.4. The molecule has 1 aliphatic heterocycles. The van der Waals surface area contributed by atoms with Crippen LogP contribution in [-0.2, 0) is 14.1 Å². The monoisotopic (exact) mass is 344 g/mol. The van der Waals surface area contributed by atoms with E-state index in [1.165, 1.54) is 0 Å². The van der Waals surface area contributed by atoms with Gasteiger partial charge in [0.05, 0.1) is 18.3 Å². The van der Waals surface area contributed by atoms with E-state index in [1.54, 1.807) is 0 Å². The fraction of sp³-hybridized carbons (Fsp3) is 0.316. The lowest BCUT2D eigenvalue weighted by Crippen LogP contribution is -2.21. The van der Waals surface area contributed by atoms with E-state index < -0.39 is 7.37 Å². The molecule has 2 aromatic rings. The fourth-order valence-corrected chi connectivity index (χ4v) is 5.04. The molecule has 3 rings (SSSR count). The SMILES string of the molecule is CCCCOC(=O)CCP1(=O)Oc2ccccc2-c2ccccc21. The number of ether oxygens (including phenoxy) is 1. The van der Waals surface area contributed by atoms with E-state index in [0.29, 0.717) is 17.7 Å². The van der Waals surface area contributed by atoms with Gasteiger partial charge in [-0.05, 0) is 24.1 Å². The van der Waals surface area contributed by atoms with Gasteiger partial charge in [0.15, 0.2) is 0 Å². The minimum atomic E-state index is -3.13. The maximum absolute atomic E-state index is 13.4. The number of hydrogen-bond acceptors (Lipinski definition) is 4. The van der Waals surface area contributed by atoms with Crippen molar-refractivity contribution in [2.75, 3.05) is 12.8 Å². The zero-order chi connectivity index (χ0) is 17.0. The van der Waals surface area contributed by atoms with Crippen molar-refractivity contribution in [2.45, 2.75) is 26.2 Å². The van der Waals surface area contributed by atoms with E-state index in [1.807, 2.05) is 55.5 Å². The predicted molar refractivity (Wildman–Crippen MR) is 95.1 cm³/mol. The highest BCUT2D eigenvalue weighted by Crippen LogP contribution is 2.54. The summed E-state index contributed by atoms with van der Waals surface area (Å²) in [5, 5.41) is 0.685. The second-order valence-corrected chi connectivity index (χ2v) is 8.28. The van der Waals surface area contributed by atoms with Crippen LogP contribution in [0.4, 0.5) is 0 Å². The van der Waals surface area contributed by atoms with Crippen molar-refractivity contribution >= 4 is 18.6 Å².